The Morgan fingerprint density at radius 2 is 2.14 bits per heavy atom. The maximum Gasteiger partial charge on any atom is 0.231 e. The van der Waals surface area contributed by atoms with Gasteiger partial charge in [0.15, 0.2) is 0 Å². The standard InChI is InChI=1S/C10H11Br2NO/c1-7(13-10(14)6-11)8-4-2-3-5-9(8)12/h2-5,7H,6H2,1H3,(H,13,14). The van der Waals surface area contributed by atoms with E-state index in [1.165, 1.54) is 0 Å². The summed E-state index contributed by atoms with van der Waals surface area (Å²) >= 11 is 6.56. The van der Waals surface area contributed by atoms with Gasteiger partial charge in [-0.1, -0.05) is 50.1 Å². The van der Waals surface area contributed by atoms with Crippen LogP contribution in [-0.4, -0.2) is 11.2 Å². The fraction of sp³-hybridized carbons (Fsp3) is 0.300. The Labute approximate surface area is 100 Å². The normalized spacial score (nSPS) is 12.2. The molecule has 1 unspecified atom stereocenters. The molecule has 1 amide bonds. The van der Waals surface area contributed by atoms with Crippen molar-refractivity contribution in [3.05, 3.63) is 34.3 Å². The Balaban J connectivity index is 2.74. The molecule has 0 bridgehead atoms. The number of benzene rings is 1. The predicted molar refractivity (Wildman–Crippen MR) is 64.5 cm³/mol. The summed E-state index contributed by atoms with van der Waals surface area (Å²) in [6.45, 7) is 1.96. The van der Waals surface area contributed by atoms with Gasteiger partial charge in [0.05, 0.1) is 11.4 Å². The van der Waals surface area contributed by atoms with Crippen molar-refractivity contribution in [2.75, 3.05) is 5.33 Å². The second-order valence-corrected chi connectivity index (χ2v) is 4.36. The first-order valence-corrected chi connectivity index (χ1v) is 6.16. The third kappa shape index (κ3) is 3.10. The third-order valence-electron chi connectivity index (χ3n) is 1.87. The number of amides is 1. The molecule has 0 saturated carbocycles. The van der Waals surface area contributed by atoms with E-state index in [2.05, 4.69) is 37.2 Å². The van der Waals surface area contributed by atoms with Crippen molar-refractivity contribution in [1.29, 1.82) is 0 Å². The van der Waals surface area contributed by atoms with E-state index >= 15 is 0 Å². The summed E-state index contributed by atoms with van der Waals surface area (Å²) in [6, 6.07) is 7.88. The van der Waals surface area contributed by atoms with Crippen LogP contribution in [0.15, 0.2) is 28.7 Å². The van der Waals surface area contributed by atoms with Crippen molar-refractivity contribution in [2.45, 2.75) is 13.0 Å². The number of hydrogen-bond donors (Lipinski definition) is 1. The van der Waals surface area contributed by atoms with Gasteiger partial charge in [-0.05, 0) is 18.6 Å². The fourth-order valence-electron chi connectivity index (χ4n) is 1.18. The number of alkyl halides is 1. The number of hydrogen-bond acceptors (Lipinski definition) is 1. The molecule has 0 saturated heterocycles. The minimum absolute atomic E-state index is 0.00625. The zero-order valence-corrected chi connectivity index (χ0v) is 10.9. The van der Waals surface area contributed by atoms with Crippen LogP contribution in [0.3, 0.4) is 0 Å². The highest BCUT2D eigenvalue weighted by molar-refractivity contribution is 9.10. The van der Waals surface area contributed by atoms with Crippen molar-refractivity contribution in [3.8, 4) is 0 Å². The smallest absolute Gasteiger partial charge is 0.231 e. The second-order valence-electron chi connectivity index (χ2n) is 2.94. The molecule has 0 aliphatic carbocycles. The monoisotopic (exact) mass is 319 g/mol. The van der Waals surface area contributed by atoms with E-state index in [0.717, 1.165) is 10.0 Å². The van der Waals surface area contributed by atoms with E-state index in [1.54, 1.807) is 0 Å². The van der Waals surface area contributed by atoms with Crippen molar-refractivity contribution >= 4 is 37.8 Å². The van der Waals surface area contributed by atoms with E-state index in [0.29, 0.717) is 5.33 Å². The third-order valence-corrected chi connectivity index (χ3v) is 3.10. The van der Waals surface area contributed by atoms with Crippen molar-refractivity contribution in [1.82, 2.24) is 5.32 Å². The average Bonchev–Trinajstić information content (AvgIpc) is 2.18. The number of nitrogens with one attached hydrogen (secondary N) is 1. The van der Waals surface area contributed by atoms with Gasteiger partial charge >= 0.3 is 0 Å². The van der Waals surface area contributed by atoms with Crippen LogP contribution < -0.4 is 5.32 Å². The van der Waals surface area contributed by atoms with Crippen LogP contribution in [0.4, 0.5) is 0 Å². The largest absolute Gasteiger partial charge is 0.349 e. The van der Waals surface area contributed by atoms with Gasteiger partial charge < -0.3 is 5.32 Å². The molecular weight excluding hydrogens is 310 g/mol. The Morgan fingerprint density at radius 1 is 1.50 bits per heavy atom. The molecule has 0 aliphatic heterocycles. The molecule has 1 rings (SSSR count). The highest BCUT2D eigenvalue weighted by Crippen LogP contribution is 2.22. The van der Waals surface area contributed by atoms with E-state index in [1.807, 2.05) is 31.2 Å². The van der Waals surface area contributed by atoms with Crippen molar-refractivity contribution in [2.24, 2.45) is 0 Å². The summed E-state index contributed by atoms with van der Waals surface area (Å²) in [4.78, 5) is 11.1. The molecule has 1 aromatic rings. The molecule has 1 N–H and O–H groups in total. The summed E-state index contributed by atoms with van der Waals surface area (Å²) < 4.78 is 1.02. The van der Waals surface area contributed by atoms with Crippen LogP contribution in [0.25, 0.3) is 0 Å². The number of carbonyl (C=O) groups is 1. The van der Waals surface area contributed by atoms with Gasteiger partial charge in [0.1, 0.15) is 0 Å². The molecule has 14 heavy (non-hydrogen) atoms. The first-order valence-electron chi connectivity index (χ1n) is 4.25. The Bertz CT molecular complexity index is 328. The fourth-order valence-corrected chi connectivity index (χ4v) is 1.97. The SMILES string of the molecule is CC(NC(=O)CBr)c1ccccc1Br. The van der Waals surface area contributed by atoms with Crippen molar-refractivity contribution in [3.63, 3.8) is 0 Å². The summed E-state index contributed by atoms with van der Waals surface area (Å²) in [6.07, 6.45) is 0. The van der Waals surface area contributed by atoms with Crippen LogP contribution >= 0.6 is 31.9 Å². The molecular formula is C10H11Br2NO. The number of carbonyl (C=O) groups excluding carboxylic acids is 1. The van der Waals surface area contributed by atoms with Crippen LogP contribution in [0, 0.1) is 0 Å². The quantitative estimate of drug-likeness (QED) is 0.852. The van der Waals surface area contributed by atoms with E-state index in [4.69, 9.17) is 0 Å². The van der Waals surface area contributed by atoms with Gasteiger partial charge in [0.25, 0.3) is 0 Å². The van der Waals surface area contributed by atoms with Crippen LogP contribution in [0.1, 0.15) is 18.5 Å². The number of halogens is 2. The number of rotatable bonds is 3. The Morgan fingerprint density at radius 3 is 2.71 bits per heavy atom. The molecule has 1 atom stereocenters. The summed E-state index contributed by atoms with van der Waals surface area (Å²) in [5, 5.41) is 3.21. The summed E-state index contributed by atoms with van der Waals surface area (Å²) in [5.74, 6) is -0.00625. The summed E-state index contributed by atoms with van der Waals surface area (Å²) in [7, 11) is 0. The van der Waals surface area contributed by atoms with Gasteiger partial charge in [0.2, 0.25) is 5.91 Å². The predicted octanol–water partition coefficient (Wildman–Crippen LogP) is 3.02. The lowest BCUT2D eigenvalue weighted by Gasteiger charge is -2.14. The topological polar surface area (TPSA) is 29.1 Å². The molecule has 0 aromatic heterocycles. The van der Waals surface area contributed by atoms with Gasteiger partial charge in [-0.15, -0.1) is 0 Å². The molecule has 0 radical (unpaired) electrons. The lowest BCUT2D eigenvalue weighted by Crippen LogP contribution is -2.27. The zero-order chi connectivity index (χ0) is 10.6. The molecule has 76 valence electrons. The van der Waals surface area contributed by atoms with Gasteiger partial charge in [-0.25, -0.2) is 0 Å². The highest BCUT2D eigenvalue weighted by atomic mass is 79.9. The molecule has 0 heterocycles. The second kappa shape index (κ2) is 5.51. The van der Waals surface area contributed by atoms with Crippen LogP contribution in [0.5, 0.6) is 0 Å². The Kier molecular flexibility index (Phi) is 4.62. The van der Waals surface area contributed by atoms with Crippen molar-refractivity contribution < 1.29 is 4.79 Å². The zero-order valence-electron chi connectivity index (χ0n) is 7.76. The first-order chi connectivity index (χ1) is 6.65. The van der Waals surface area contributed by atoms with E-state index < -0.39 is 0 Å². The van der Waals surface area contributed by atoms with Gasteiger partial charge in [0, 0.05) is 4.47 Å². The minimum atomic E-state index is -0.00625. The molecule has 1 aromatic carbocycles. The lowest BCUT2D eigenvalue weighted by atomic mass is 10.1. The molecule has 0 spiro atoms. The molecule has 0 fully saturated rings. The average molecular weight is 321 g/mol. The van der Waals surface area contributed by atoms with Gasteiger partial charge in [-0.2, -0.15) is 0 Å². The highest BCUT2D eigenvalue weighted by Gasteiger charge is 2.10. The molecule has 0 aliphatic rings. The van der Waals surface area contributed by atoms with Gasteiger partial charge in [-0.3, -0.25) is 4.79 Å². The molecule has 2 nitrogen and oxygen atoms in total. The maximum absolute atomic E-state index is 11.1. The van der Waals surface area contributed by atoms with Crippen LogP contribution in [-0.2, 0) is 4.79 Å². The first kappa shape index (κ1) is 11.7. The Hall–Kier alpha value is -0.350. The molecule has 4 heteroatoms. The lowest BCUT2D eigenvalue weighted by molar-refractivity contribution is -0.119. The van der Waals surface area contributed by atoms with E-state index in [9.17, 15) is 4.79 Å². The minimum Gasteiger partial charge on any atom is -0.349 e. The maximum atomic E-state index is 11.1. The van der Waals surface area contributed by atoms with E-state index in [-0.39, 0.29) is 11.9 Å². The summed E-state index contributed by atoms with van der Waals surface area (Å²) in [5.41, 5.74) is 1.09. The van der Waals surface area contributed by atoms with Crippen LogP contribution in [0.2, 0.25) is 0 Å².